The molecule has 10 nitrogen and oxygen atoms in total. The van der Waals surface area contributed by atoms with Gasteiger partial charge in [0.1, 0.15) is 11.9 Å². The number of benzene rings is 2. The number of pyridine rings is 1. The number of nitrogens with one attached hydrogen (secondary N) is 2. The van der Waals surface area contributed by atoms with Gasteiger partial charge in [0, 0.05) is 23.9 Å². The minimum absolute atomic E-state index is 0. The Morgan fingerprint density at radius 2 is 1.06 bits per heavy atom. The van der Waals surface area contributed by atoms with Crippen LogP contribution in [0.5, 0.6) is 0 Å². The maximum atomic E-state index is 9.53. The van der Waals surface area contributed by atoms with Crippen molar-refractivity contribution >= 4 is 43.2 Å². The fourth-order valence-corrected chi connectivity index (χ4v) is 2.46. The molecule has 2 N–H and O–H groups in total. The number of anilines is 4. The minimum Gasteiger partial charge on any atom is -0.748 e. The van der Waals surface area contributed by atoms with Crippen molar-refractivity contribution in [1.82, 2.24) is 4.98 Å². The molecule has 0 fully saturated rings. The van der Waals surface area contributed by atoms with Gasteiger partial charge in [-0.05, 0) is 49.2 Å². The van der Waals surface area contributed by atoms with Gasteiger partial charge >= 0.3 is 37.7 Å². The first-order valence-electron chi connectivity index (χ1n) is 9.56. The Hall–Kier alpha value is -2.31. The topological polar surface area (TPSA) is 175 Å². The van der Waals surface area contributed by atoms with E-state index in [-0.39, 0.29) is 37.7 Å². The quantitative estimate of drug-likeness (QED) is 0.275. The van der Waals surface area contributed by atoms with Crippen LogP contribution >= 0.6 is 0 Å². The maximum Gasteiger partial charge on any atom is 1.00 e. The van der Waals surface area contributed by atoms with Crippen molar-refractivity contribution in [3.05, 3.63) is 77.4 Å². The first-order valence-corrected chi connectivity index (χ1v) is 13.2. The third kappa shape index (κ3) is 15.6. The van der Waals surface area contributed by atoms with Crippen molar-refractivity contribution in [1.29, 1.82) is 5.26 Å². The Morgan fingerprint density at radius 1 is 0.722 bits per heavy atom. The normalized spacial score (nSPS) is 9.92. The Morgan fingerprint density at radius 3 is 1.39 bits per heavy atom. The molecule has 14 heteroatoms. The zero-order valence-electron chi connectivity index (χ0n) is 20.9. The van der Waals surface area contributed by atoms with Crippen LogP contribution < -0.4 is 48.4 Å². The van der Waals surface area contributed by atoms with Crippen LogP contribution in [0, 0.1) is 25.2 Å². The molecule has 0 spiro atoms. The molecule has 0 aliphatic rings. The average Bonchev–Trinajstić information content (AvgIpc) is 2.71. The van der Waals surface area contributed by atoms with Gasteiger partial charge in [0.05, 0.1) is 25.8 Å². The first kappa shape index (κ1) is 35.9. The zero-order chi connectivity index (χ0) is 25.9. The summed E-state index contributed by atoms with van der Waals surface area (Å²) in [5.74, 6) is 1.31. The fraction of sp³-hybridized carbons (Fsp3) is 0.182. The van der Waals surface area contributed by atoms with E-state index < -0.39 is 20.2 Å². The van der Waals surface area contributed by atoms with Crippen LogP contribution in [0.1, 0.15) is 16.7 Å². The van der Waals surface area contributed by atoms with Gasteiger partial charge in [0.2, 0.25) is 0 Å². The monoisotopic (exact) mass is 518 g/mol. The van der Waals surface area contributed by atoms with Crippen LogP contribution in [0.2, 0.25) is 0 Å². The summed E-state index contributed by atoms with van der Waals surface area (Å²) in [6, 6.07) is 21.9. The molecule has 0 aliphatic carbocycles. The molecule has 182 valence electrons. The Labute approximate surface area is 236 Å². The fourth-order valence-electron chi connectivity index (χ4n) is 2.46. The molecular weight excluding hydrogens is 494 g/mol. The summed E-state index contributed by atoms with van der Waals surface area (Å²) in [4.78, 5) is 4.65. The van der Waals surface area contributed by atoms with E-state index in [0.29, 0.717) is 23.9 Å². The summed E-state index contributed by atoms with van der Waals surface area (Å²) in [5, 5.41) is 16.1. The van der Waals surface area contributed by atoms with Crippen LogP contribution in [0.3, 0.4) is 0 Å². The van der Waals surface area contributed by atoms with Gasteiger partial charge in [0.25, 0.3) is 0 Å². The predicted octanol–water partition coefficient (Wildman–Crippen LogP) is -2.61. The Bertz CT molecular complexity index is 1300. The van der Waals surface area contributed by atoms with E-state index in [1.807, 2.05) is 74.5 Å². The van der Waals surface area contributed by atoms with E-state index in [2.05, 4.69) is 21.7 Å². The molecule has 0 saturated heterocycles. The van der Waals surface area contributed by atoms with E-state index >= 15 is 0 Å². The smallest absolute Gasteiger partial charge is 0.748 e. The first-order chi connectivity index (χ1) is 15.7. The number of hydrogen-bond acceptors (Lipinski definition) is 10. The number of rotatable bonds is 4. The number of aromatic nitrogens is 1. The van der Waals surface area contributed by atoms with E-state index in [4.69, 9.17) is 25.9 Å². The van der Waals surface area contributed by atoms with Crippen molar-refractivity contribution in [2.24, 2.45) is 0 Å². The minimum atomic E-state index is -3.92. The second-order valence-electron chi connectivity index (χ2n) is 6.94. The maximum absolute atomic E-state index is 9.53. The van der Waals surface area contributed by atoms with E-state index in [1.54, 1.807) is 0 Å². The number of nitrogens with zero attached hydrogens (tertiary/aromatic N) is 2. The third-order valence-corrected chi connectivity index (χ3v) is 3.94. The summed E-state index contributed by atoms with van der Waals surface area (Å²) in [7, 11) is -7.83. The Kier molecular flexibility index (Phi) is 16.4. The van der Waals surface area contributed by atoms with Crippen molar-refractivity contribution in [3.63, 3.8) is 0 Å². The molecule has 2 aromatic carbocycles. The second kappa shape index (κ2) is 16.4. The van der Waals surface area contributed by atoms with Crippen LogP contribution in [0.4, 0.5) is 23.0 Å². The second-order valence-corrected chi connectivity index (χ2v) is 9.75. The molecule has 3 aromatic rings. The zero-order valence-corrected chi connectivity index (χ0v) is 22.6. The predicted molar refractivity (Wildman–Crippen MR) is 129 cm³/mol. The molecule has 0 aliphatic heterocycles. The number of para-hydroxylation sites is 2. The molecule has 1 heterocycles. The van der Waals surface area contributed by atoms with E-state index in [1.165, 1.54) is 0 Å². The van der Waals surface area contributed by atoms with E-state index in [0.717, 1.165) is 28.3 Å². The number of nitriles is 1. The van der Waals surface area contributed by atoms with E-state index in [9.17, 15) is 5.26 Å². The third-order valence-electron chi connectivity index (χ3n) is 3.94. The largest absolute Gasteiger partial charge is 1.00 e. The summed E-state index contributed by atoms with van der Waals surface area (Å²) in [6.45, 7) is 3.92. The molecule has 0 radical (unpaired) electrons. The number of hydrogen-bond donors (Lipinski definition) is 2. The van der Waals surface area contributed by atoms with Gasteiger partial charge in [-0.25, -0.2) is 21.8 Å². The molecular formula is C22H24Li2N4O6S2. The molecule has 0 amide bonds. The summed E-state index contributed by atoms with van der Waals surface area (Å²) >= 11 is 0. The van der Waals surface area contributed by atoms with Crippen LogP contribution in [0.15, 0.2) is 60.7 Å². The summed E-state index contributed by atoms with van der Waals surface area (Å²) in [5.41, 5.74) is 4.31. The summed E-state index contributed by atoms with van der Waals surface area (Å²) in [6.07, 6.45) is 1.21. The van der Waals surface area contributed by atoms with Crippen molar-refractivity contribution < 1.29 is 63.7 Å². The molecule has 0 bridgehead atoms. The van der Waals surface area contributed by atoms with Gasteiger partial charge in [-0.3, -0.25) is 0 Å². The average molecular weight is 518 g/mol. The molecule has 1 aromatic heterocycles. The molecule has 0 saturated carbocycles. The van der Waals surface area contributed by atoms with Crippen molar-refractivity contribution in [2.45, 2.75) is 13.8 Å². The van der Waals surface area contributed by atoms with Crippen LogP contribution in [-0.4, -0.2) is 43.4 Å². The van der Waals surface area contributed by atoms with Crippen LogP contribution in [-0.2, 0) is 20.2 Å². The molecule has 36 heavy (non-hydrogen) atoms. The van der Waals surface area contributed by atoms with Gasteiger partial charge in [-0.15, -0.1) is 0 Å². The van der Waals surface area contributed by atoms with Crippen molar-refractivity contribution in [2.75, 3.05) is 23.1 Å². The van der Waals surface area contributed by atoms with Gasteiger partial charge in [-0.2, -0.15) is 5.26 Å². The molecule has 0 unspecified atom stereocenters. The van der Waals surface area contributed by atoms with Crippen LogP contribution in [0.25, 0.3) is 0 Å². The SMILES string of the molecule is CS(=O)(=O)[O-].CS(=O)(=O)[O-].Cc1c(Nc2ccccc2)nc(Nc2ccccc2)c(C#N)c1C.[Li+].[Li+]. The van der Waals surface area contributed by atoms with Gasteiger partial charge < -0.3 is 19.7 Å². The van der Waals surface area contributed by atoms with Gasteiger partial charge in [-0.1, -0.05) is 36.4 Å². The van der Waals surface area contributed by atoms with Crippen molar-refractivity contribution in [3.8, 4) is 6.07 Å². The Balaban J connectivity index is 0. The molecule has 0 atom stereocenters. The summed E-state index contributed by atoms with van der Waals surface area (Å²) < 4.78 is 54.5. The standard InChI is InChI=1S/C20H18N4.2CH4O3S.2Li/c1-14-15(2)19(22-16-9-5-3-6-10-16)24-20(18(14)13-21)23-17-11-7-4-8-12-17;2*1-5(2,3)4;;/h3-12H,1-2H3,(H2,22,23,24);2*1H3,(H,2,3,4);;/q;;;2*+1/p-2. The molecule has 3 rings (SSSR count). The van der Waals surface area contributed by atoms with Gasteiger partial charge in [0.15, 0.2) is 5.82 Å².